The van der Waals surface area contributed by atoms with Crippen molar-refractivity contribution in [1.29, 1.82) is 5.26 Å². The summed E-state index contributed by atoms with van der Waals surface area (Å²) in [5.41, 5.74) is 1.79. The first-order chi connectivity index (χ1) is 14.9. The number of carbonyl (C=O) groups is 2. The highest BCUT2D eigenvalue weighted by atomic mass is 79.9. The van der Waals surface area contributed by atoms with Gasteiger partial charge in [-0.1, -0.05) is 34.1 Å². The Balaban J connectivity index is 1.48. The molecule has 1 atom stereocenters. The van der Waals surface area contributed by atoms with Crippen molar-refractivity contribution in [3.05, 3.63) is 64.1 Å². The lowest BCUT2D eigenvalue weighted by molar-refractivity contribution is -0.184. The second kappa shape index (κ2) is 8.35. The molecule has 2 fully saturated rings. The lowest BCUT2D eigenvalue weighted by Gasteiger charge is -2.60. The smallest absolute Gasteiger partial charge is 0.321 e. The summed E-state index contributed by atoms with van der Waals surface area (Å²) in [6, 6.07) is 17.1. The van der Waals surface area contributed by atoms with Gasteiger partial charge in [0.2, 0.25) is 5.91 Å². The molecule has 0 aromatic heterocycles. The number of anilines is 1. The average Bonchev–Trinajstić information content (AvgIpc) is 2.77. The third kappa shape index (κ3) is 3.81. The third-order valence-corrected chi connectivity index (χ3v) is 6.92. The number of piperidine rings is 1. The molecule has 1 unspecified atom stereocenters. The summed E-state index contributed by atoms with van der Waals surface area (Å²) in [4.78, 5) is 29.7. The molecule has 0 radical (unpaired) electrons. The molecule has 31 heavy (non-hydrogen) atoms. The molecule has 2 aliphatic heterocycles. The molecule has 4 rings (SSSR count). The fraction of sp³-hybridized carbons (Fsp3) is 0.375. The number of rotatable bonds is 3. The van der Waals surface area contributed by atoms with E-state index in [1.54, 1.807) is 29.2 Å². The van der Waals surface area contributed by atoms with Crippen molar-refractivity contribution in [3.8, 4) is 6.07 Å². The van der Waals surface area contributed by atoms with Gasteiger partial charge in [-0.2, -0.15) is 5.26 Å². The highest BCUT2D eigenvalue weighted by Crippen LogP contribution is 2.56. The molecular weight excluding hydrogens is 456 g/mol. The van der Waals surface area contributed by atoms with Crippen molar-refractivity contribution >= 4 is 33.6 Å². The normalized spacial score (nSPS) is 19.8. The summed E-state index contributed by atoms with van der Waals surface area (Å²) < 4.78 is 1.01. The monoisotopic (exact) mass is 480 g/mol. The number of amides is 3. The largest absolute Gasteiger partial charge is 0.332 e. The maximum Gasteiger partial charge on any atom is 0.321 e. The Labute approximate surface area is 191 Å². The molecule has 1 N–H and O–H groups in total. The predicted molar refractivity (Wildman–Crippen MR) is 122 cm³/mol. The van der Waals surface area contributed by atoms with Crippen molar-refractivity contribution in [2.45, 2.75) is 38.8 Å². The Morgan fingerprint density at radius 2 is 1.87 bits per heavy atom. The van der Waals surface area contributed by atoms with Gasteiger partial charge >= 0.3 is 6.03 Å². The van der Waals surface area contributed by atoms with E-state index in [2.05, 4.69) is 53.3 Å². The molecule has 2 saturated heterocycles. The SMILES string of the molecule is CC(C)N1C(=O)C2(CCN(C(=O)Nc3cccc(C#N)c3)CC2)C1c1ccc(Br)cc1. The van der Waals surface area contributed by atoms with Gasteiger partial charge < -0.3 is 15.1 Å². The minimum absolute atomic E-state index is 0.0330. The van der Waals surface area contributed by atoms with Gasteiger partial charge in [-0.3, -0.25) is 4.79 Å². The van der Waals surface area contributed by atoms with E-state index < -0.39 is 5.41 Å². The summed E-state index contributed by atoms with van der Waals surface area (Å²) in [5, 5.41) is 11.9. The highest BCUT2D eigenvalue weighted by Gasteiger charge is 2.62. The van der Waals surface area contributed by atoms with E-state index in [1.165, 1.54) is 0 Å². The fourth-order valence-electron chi connectivity index (χ4n) is 4.81. The van der Waals surface area contributed by atoms with E-state index in [0.29, 0.717) is 37.2 Å². The highest BCUT2D eigenvalue weighted by molar-refractivity contribution is 9.10. The number of halogens is 1. The van der Waals surface area contributed by atoms with Gasteiger partial charge in [-0.25, -0.2) is 4.79 Å². The van der Waals surface area contributed by atoms with Crippen LogP contribution >= 0.6 is 15.9 Å². The first-order valence-electron chi connectivity index (χ1n) is 10.5. The van der Waals surface area contributed by atoms with Crippen LogP contribution in [0.15, 0.2) is 53.0 Å². The van der Waals surface area contributed by atoms with E-state index in [1.807, 2.05) is 17.0 Å². The molecule has 1 spiro atoms. The van der Waals surface area contributed by atoms with Gasteiger partial charge in [0.15, 0.2) is 0 Å². The van der Waals surface area contributed by atoms with Crippen molar-refractivity contribution in [2.75, 3.05) is 18.4 Å². The number of nitrogens with zero attached hydrogens (tertiary/aromatic N) is 3. The zero-order valence-electron chi connectivity index (χ0n) is 17.6. The molecule has 6 nitrogen and oxygen atoms in total. The number of hydrogen-bond acceptors (Lipinski definition) is 3. The van der Waals surface area contributed by atoms with Crippen molar-refractivity contribution in [3.63, 3.8) is 0 Å². The minimum Gasteiger partial charge on any atom is -0.332 e. The summed E-state index contributed by atoms with van der Waals surface area (Å²) in [6.07, 6.45) is 1.28. The van der Waals surface area contributed by atoms with Crippen LogP contribution in [-0.2, 0) is 4.79 Å². The van der Waals surface area contributed by atoms with Crippen LogP contribution in [-0.4, -0.2) is 40.9 Å². The Kier molecular flexibility index (Phi) is 5.76. The standard InChI is InChI=1S/C24H25BrN4O2/c1-16(2)29-21(18-6-8-19(25)9-7-18)24(22(29)30)10-12-28(13-11-24)23(31)27-20-5-3-4-17(14-20)15-26/h3-9,14,16,21H,10-13H2,1-2H3,(H,27,31). The second-order valence-electron chi connectivity index (χ2n) is 8.53. The number of β-lactam (4-membered cyclic amide) rings is 1. The number of nitriles is 1. The van der Waals surface area contributed by atoms with Gasteiger partial charge in [0.25, 0.3) is 0 Å². The zero-order valence-corrected chi connectivity index (χ0v) is 19.2. The Morgan fingerprint density at radius 3 is 2.48 bits per heavy atom. The minimum atomic E-state index is -0.449. The van der Waals surface area contributed by atoms with Crippen molar-refractivity contribution in [2.24, 2.45) is 5.41 Å². The van der Waals surface area contributed by atoms with Crippen LogP contribution in [0.3, 0.4) is 0 Å². The molecule has 2 heterocycles. The van der Waals surface area contributed by atoms with Crippen molar-refractivity contribution < 1.29 is 9.59 Å². The molecule has 2 aromatic carbocycles. The van der Waals surface area contributed by atoms with Gasteiger partial charge in [0.05, 0.1) is 23.1 Å². The number of hydrogen-bond donors (Lipinski definition) is 1. The second-order valence-corrected chi connectivity index (χ2v) is 9.44. The zero-order chi connectivity index (χ0) is 22.2. The molecule has 2 aliphatic rings. The maximum atomic E-state index is 13.2. The molecule has 0 aliphatic carbocycles. The van der Waals surface area contributed by atoms with E-state index in [-0.39, 0.29) is 24.0 Å². The summed E-state index contributed by atoms with van der Waals surface area (Å²) >= 11 is 3.49. The predicted octanol–water partition coefficient (Wildman–Crippen LogP) is 4.93. The number of nitrogens with one attached hydrogen (secondary N) is 1. The summed E-state index contributed by atoms with van der Waals surface area (Å²) in [6.45, 7) is 5.14. The topological polar surface area (TPSA) is 76.4 Å². The molecule has 3 amide bonds. The van der Waals surface area contributed by atoms with Crippen LogP contribution in [0.1, 0.15) is 43.9 Å². The van der Waals surface area contributed by atoms with E-state index >= 15 is 0 Å². The van der Waals surface area contributed by atoms with Crippen LogP contribution in [0.25, 0.3) is 0 Å². The Morgan fingerprint density at radius 1 is 1.19 bits per heavy atom. The van der Waals surface area contributed by atoms with Crippen LogP contribution < -0.4 is 5.32 Å². The number of carbonyl (C=O) groups excluding carboxylic acids is 2. The van der Waals surface area contributed by atoms with Crippen molar-refractivity contribution in [1.82, 2.24) is 9.80 Å². The average molecular weight is 481 g/mol. The lowest BCUT2D eigenvalue weighted by Crippen LogP contribution is -2.68. The van der Waals surface area contributed by atoms with Gasteiger partial charge in [-0.15, -0.1) is 0 Å². The van der Waals surface area contributed by atoms with Crippen LogP contribution in [0, 0.1) is 16.7 Å². The maximum absolute atomic E-state index is 13.2. The van der Waals surface area contributed by atoms with Crippen LogP contribution in [0.5, 0.6) is 0 Å². The third-order valence-electron chi connectivity index (χ3n) is 6.39. The molecular formula is C24H25BrN4O2. The Hall–Kier alpha value is -2.85. The summed E-state index contributed by atoms with van der Waals surface area (Å²) in [5.74, 6) is 0.192. The molecule has 2 aromatic rings. The van der Waals surface area contributed by atoms with Crippen LogP contribution in [0.2, 0.25) is 0 Å². The van der Waals surface area contributed by atoms with Crippen LogP contribution in [0.4, 0.5) is 10.5 Å². The lowest BCUT2D eigenvalue weighted by atomic mass is 9.62. The fourth-order valence-corrected chi connectivity index (χ4v) is 5.08. The van der Waals surface area contributed by atoms with E-state index in [9.17, 15) is 9.59 Å². The molecule has 0 saturated carbocycles. The van der Waals surface area contributed by atoms with E-state index in [4.69, 9.17) is 5.26 Å². The summed E-state index contributed by atoms with van der Waals surface area (Å²) in [7, 11) is 0. The van der Waals surface area contributed by atoms with Gasteiger partial charge in [-0.05, 0) is 62.6 Å². The molecule has 7 heteroatoms. The first kappa shape index (κ1) is 21.4. The number of likely N-dealkylation sites (tertiary alicyclic amines) is 2. The molecule has 0 bridgehead atoms. The number of benzene rings is 2. The molecule has 160 valence electrons. The van der Waals surface area contributed by atoms with E-state index in [0.717, 1.165) is 10.0 Å². The first-order valence-corrected chi connectivity index (χ1v) is 11.3. The number of urea groups is 1. The quantitative estimate of drug-likeness (QED) is 0.632. The van der Waals surface area contributed by atoms with Gasteiger partial charge in [0.1, 0.15) is 0 Å². The van der Waals surface area contributed by atoms with Gasteiger partial charge in [0, 0.05) is 29.3 Å². The Bertz CT molecular complexity index is 1040.